The highest BCUT2D eigenvalue weighted by atomic mass is 16.5. The van der Waals surface area contributed by atoms with E-state index in [0.29, 0.717) is 12.4 Å². The number of imidazole rings is 1. The fraction of sp³-hybridized carbons (Fsp3) is 0.636. The Balaban J connectivity index is 2.18. The lowest BCUT2D eigenvalue weighted by molar-refractivity contribution is 0.0679. The van der Waals surface area contributed by atoms with Gasteiger partial charge >= 0.3 is 0 Å². The molecule has 0 bridgehead atoms. The molecule has 1 aliphatic heterocycles. The van der Waals surface area contributed by atoms with Gasteiger partial charge in [0.05, 0.1) is 12.0 Å². The first kappa shape index (κ1) is 10.4. The van der Waals surface area contributed by atoms with Gasteiger partial charge < -0.3 is 9.30 Å². The number of ketones is 1. The van der Waals surface area contributed by atoms with Gasteiger partial charge in [0.15, 0.2) is 5.82 Å². The molecule has 0 spiro atoms. The van der Waals surface area contributed by atoms with Crippen LogP contribution in [-0.2, 0) is 11.8 Å². The number of nitrogens with zero attached hydrogens (tertiary/aromatic N) is 2. The van der Waals surface area contributed by atoms with Crippen LogP contribution in [0.2, 0.25) is 0 Å². The Morgan fingerprint density at radius 2 is 2.53 bits per heavy atom. The Kier molecular flexibility index (Phi) is 2.86. The van der Waals surface area contributed by atoms with Crippen LogP contribution < -0.4 is 0 Å². The quantitative estimate of drug-likeness (QED) is 0.705. The highest BCUT2D eigenvalue weighted by Gasteiger charge is 2.34. The molecular weight excluding hydrogens is 192 g/mol. The zero-order valence-corrected chi connectivity index (χ0v) is 9.14. The van der Waals surface area contributed by atoms with Crippen LogP contribution >= 0.6 is 0 Å². The van der Waals surface area contributed by atoms with Crippen LogP contribution in [0.3, 0.4) is 0 Å². The lowest BCUT2D eigenvalue weighted by Gasteiger charge is -2.14. The third-order valence-corrected chi connectivity index (χ3v) is 2.99. The Hall–Kier alpha value is -1.16. The number of ether oxygens (including phenoxy) is 1. The van der Waals surface area contributed by atoms with Crippen molar-refractivity contribution in [2.75, 3.05) is 6.61 Å². The number of carbonyl (C=O) groups is 1. The number of hydrogen-bond acceptors (Lipinski definition) is 3. The maximum atomic E-state index is 12.1. The van der Waals surface area contributed by atoms with Gasteiger partial charge in [0.2, 0.25) is 5.78 Å². The van der Waals surface area contributed by atoms with Crippen molar-refractivity contribution in [2.24, 2.45) is 13.0 Å². The molecule has 1 aromatic rings. The minimum absolute atomic E-state index is 0.00361. The summed E-state index contributed by atoms with van der Waals surface area (Å²) in [7, 11) is 1.84. The molecule has 82 valence electrons. The summed E-state index contributed by atoms with van der Waals surface area (Å²) in [6.45, 7) is 2.74. The van der Waals surface area contributed by atoms with E-state index in [1.54, 1.807) is 17.0 Å². The molecule has 4 nitrogen and oxygen atoms in total. The van der Waals surface area contributed by atoms with E-state index in [1.807, 2.05) is 7.05 Å². The van der Waals surface area contributed by atoms with Gasteiger partial charge in [0, 0.05) is 26.0 Å². The van der Waals surface area contributed by atoms with Crippen LogP contribution in [0.15, 0.2) is 12.4 Å². The number of hydrogen-bond donors (Lipinski definition) is 0. The molecule has 2 rings (SSSR count). The molecule has 1 aromatic heterocycles. The van der Waals surface area contributed by atoms with Crippen molar-refractivity contribution in [3.05, 3.63) is 18.2 Å². The minimum atomic E-state index is -0.00361. The molecule has 2 atom stereocenters. The van der Waals surface area contributed by atoms with Crippen molar-refractivity contribution >= 4 is 5.78 Å². The first-order valence-corrected chi connectivity index (χ1v) is 5.37. The molecule has 0 aromatic carbocycles. The second-order valence-corrected chi connectivity index (χ2v) is 3.94. The van der Waals surface area contributed by atoms with Crippen LogP contribution in [0.5, 0.6) is 0 Å². The smallest absolute Gasteiger partial charge is 0.203 e. The van der Waals surface area contributed by atoms with Crippen molar-refractivity contribution in [1.29, 1.82) is 0 Å². The predicted octanol–water partition coefficient (Wildman–Crippen LogP) is 1.42. The zero-order valence-electron chi connectivity index (χ0n) is 9.14. The highest BCUT2D eigenvalue weighted by Crippen LogP contribution is 2.26. The largest absolute Gasteiger partial charge is 0.377 e. The van der Waals surface area contributed by atoms with E-state index in [1.165, 1.54) is 0 Å². The first-order chi connectivity index (χ1) is 7.24. The van der Waals surface area contributed by atoms with E-state index in [0.717, 1.165) is 12.8 Å². The third-order valence-electron chi connectivity index (χ3n) is 2.99. The number of carbonyl (C=O) groups excluding carboxylic acids is 1. The molecule has 1 aliphatic rings. The van der Waals surface area contributed by atoms with Gasteiger partial charge in [0.25, 0.3) is 0 Å². The zero-order chi connectivity index (χ0) is 10.8. The average molecular weight is 208 g/mol. The fourth-order valence-corrected chi connectivity index (χ4v) is 2.12. The van der Waals surface area contributed by atoms with Crippen LogP contribution in [-0.4, -0.2) is 28.0 Å². The summed E-state index contributed by atoms with van der Waals surface area (Å²) in [6, 6.07) is 0. The van der Waals surface area contributed by atoms with Crippen molar-refractivity contribution in [1.82, 2.24) is 9.55 Å². The van der Waals surface area contributed by atoms with Gasteiger partial charge in [-0.15, -0.1) is 0 Å². The molecule has 0 saturated carbocycles. The molecule has 0 radical (unpaired) electrons. The monoisotopic (exact) mass is 208 g/mol. The third kappa shape index (κ3) is 1.81. The van der Waals surface area contributed by atoms with Gasteiger partial charge in [0.1, 0.15) is 0 Å². The standard InChI is InChI=1S/C11H16N2O2/c1-3-9-8(4-7-15-9)10(14)11-12-5-6-13(11)2/h5-6,8-9H,3-4,7H2,1-2H3. The lowest BCUT2D eigenvalue weighted by atomic mass is 9.94. The van der Waals surface area contributed by atoms with Crippen molar-refractivity contribution in [3.8, 4) is 0 Å². The molecule has 0 amide bonds. The second-order valence-electron chi connectivity index (χ2n) is 3.94. The van der Waals surface area contributed by atoms with Gasteiger partial charge in [-0.2, -0.15) is 0 Å². The van der Waals surface area contributed by atoms with Gasteiger partial charge in [-0.05, 0) is 12.8 Å². The van der Waals surface area contributed by atoms with Crippen molar-refractivity contribution in [3.63, 3.8) is 0 Å². The van der Waals surface area contributed by atoms with Crippen molar-refractivity contribution in [2.45, 2.75) is 25.9 Å². The minimum Gasteiger partial charge on any atom is -0.377 e. The van der Waals surface area contributed by atoms with E-state index in [2.05, 4.69) is 11.9 Å². The SMILES string of the molecule is CCC1OCCC1C(=O)c1nccn1C. The molecule has 1 fully saturated rings. The maximum Gasteiger partial charge on any atom is 0.203 e. The Labute approximate surface area is 89.3 Å². The Morgan fingerprint density at radius 3 is 3.13 bits per heavy atom. The number of rotatable bonds is 3. The molecule has 0 N–H and O–H groups in total. The summed E-state index contributed by atoms with van der Waals surface area (Å²) in [5, 5.41) is 0. The van der Waals surface area contributed by atoms with Gasteiger partial charge in [-0.3, -0.25) is 4.79 Å². The molecule has 0 aliphatic carbocycles. The highest BCUT2D eigenvalue weighted by molar-refractivity contribution is 5.95. The molecular formula is C11H16N2O2. The number of Topliss-reactive ketones (excluding diaryl/α,β-unsaturated/α-hetero) is 1. The summed E-state index contributed by atoms with van der Waals surface area (Å²) >= 11 is 0. The molecule has 2 heterocycles. The van der Waals surface area contributed by atoms with Crippen LogP contribution in [0.1, 0.15) is 30.4 Å². The first-order valence-electron chi connectivity index (χ1n) is 5.37. The molecule has 4 heteroatoms. The molecule has 2 unspecified atom stereocenters. The lowest BCUT2D eigenvalue weighted by Crippen LogP contribution is -2.25. The summed E-state index contributed by atoms with van der Waals surface area (Å²) in [5.74, 6) is 0.659. The van der Waals surface area contributed by atoms with E-state index < -0.39 is 0 Å². The van der Waals surface area contributed by atoms with Crippen LogP contribution in [0, 0.1) is 5.92 Å². The van der Waals surface area contributed by atoms with E-state index in [4.69, 9.17) is 4.74 Å². The molecule has 15 heavy (non-hydrogen) atoms. The average Bonchev–Trinajstić information content (AvgIpc) is 2.84. The Bertz CT molecular complexity index is 359. The number of aryl methyl sites for hydroxylation is 1. The van der Waals surface area contributed by atoms with Gasteiger partial charge in [-0.25, -0.2) is 4.98 Å². The Morgan fingerprint density at radius 1 is 1.73 bits per heavy atom. The fourth-order valence-electron chi connectivity index (χ4n) is 2.12. The summed E-state index contributed by atoms with van der Waals surface area (Å²) in [4.78, 5) is 16.2. The molecule has 1 saturated heterocycles. The predicted molar refractivity (Wildman–Crippen MR) is 55.7 cm³/mol. The normalized spacial score (nSPS) is 25.7. The van der Waals surface area contributed by atoms with E-state index >= 15 is 0 Å². The topological polar surface area (TPSA) is 44.1 Å². The second kappa shape index (κ2) is 4.14. The van der Waals surface area contributed by atoms with Crippen LogP contribution in [0.25, 0.3) is 0 Å². The van der Waals surface area contributed by atoms with E-state index in [9.17, 15) is 4.79 Å². The number of aromatic nitrogens is 2. The van der Waals surface area contributed by atoms with Crippen LogP contribution in [0.4, 0.5) is 0 Å². The van der Waals surface area contributed by atoms with E-state index in [-0.39, 0.29) is 17.8 Å². The summed E-state index contributed by atoms with van der Waals surface area (Å²) < 4.78 is 7.29. The van der Waals surface area contributed by atoms with Crippen molar-refractivity contribution < 1.29 is 9.53 Å². The maximum absolute atomic E-state index is 12.1. The van der Waals surface area contributed by atoms with Gasteiger partial charge in [-0.1, -0.05) is 6.92 Å². The summed E-state index contributed by atoms with van der Waals surface area (Å²) in [6.07, 6.45) is 5.24. The summed E-state index contributed by atoms with van der Waals surface area (Å²) in [5.41, 5.74) is 0.